The quantitative estimate of drug-likeness (QED) is 0.875. The molecule has 0 radical (unpaired) electrons. The average molecular weight is 293 g/mol. The van der Waals surface area contributed by atoms with Gasteiger partial charge in [0.15, 0.2) is 5.13 Å². The van der Waals surface area contributed by atoms with Gasteiger partial charge in [-0.2, -0.15) is 0 Å². The summed E-state index contributed by atoms with van der Waals surface area (Å²) in [6, 6.07) is 5.42. The van der Waals surface area contributed by atoms with Crippen LogP contribution < -0.4 is 20.5 Å². The largest absolute Gasteiger partial charge is 0.497 e. The van der Waals surface area contributed by atoms with E-state index in [2.05, 4.69) is 10.3 Å². The maximum absolute atomic E-state index is 11.9. The molecular formula is C13H15N3O3S. The van der Waals surface area contributed by atoms with E-state index in [-0.39, 0.29) is 5.91 Å². The van der Waals surface area contributed by atoms with Crippen molar-refractivity contribution < 1.29 is 14.3 Å². The number of nitrogen functional groups attached to an aromatic ring is 1. The van der Waals surface area contributed by atoms with E-state index in [1.807, 2.05) is 12.1 Å². The molecule has 20 heavy (non-hydrogen) atoms. The number of nitrogens with zero attached hydrogens (tertiary/aromatic N) is 1. The molecule has 0 atom stereocenters. The number of anilines is 1. The number of hydrogen-bond acceptors (Lipinski definition) is 6. The van der Waals surface area contributed by atoms with E-state index < -0.39 is 0 Å². The molecule has 0 spiro atoms. The fourth-order valence-electron chi connectivity index (χ4n) is 1.66. The minimum atomic E-state index is -0.268. The standard InChI is InChI=1S/C13H15N3O3S/c1-18-9-4-3-8(11(5-9)19-2)6-15-12(17)10-7-20-13(14)16-10/h3-5,7H,6H2,1-2H3,(H2,14,16)(H,15,17). The minimum absolute atomic E-state index is 0.268. The van der Waals surface area contributed by atoms with Crippen molar-refractivity contribution in [2.75, 3.05) is 20.0 Å². The van der Waals surface area contributed by atoms with Gasteiger partial charge in [0, 0.05) is 23.6 Å². The Morgan fingerprint density at radius 2 is 2.20 bits per heavy atom. The highest BCUT2D eigenvalue weighted by Gasteiger charge is 2.11. The van der Waals surface area contributed by atoms with Crippen molar-refractivity contribution in [3.63, 3.8) is 0 Å². The molecule has 2 rings (SSSR count). The van der Waals surface area contributed by atoms with Gasteiger partial charge in [0.1, 0.15) is 17.2 Å². The number of aromatic nitrogens is 1. The molecule has 0 fully saturated rings. The van der Waals surface area contributed by atoms with Crippen molar-refractivity contribution in [3.8, 4) is 11.5 Å². The average Bonchev–Trinajstić information content (AvgIpc) is 2.91. The highest BCUT2D eigenvalue weighted by molar-refractivity contribution is 7.13. The summed E-state index contributed by atoms with van der Waals surface area (Å²) in [4.78, 5) is 15.8. The van der Waals surface area contributed by atoms with Crippen LogP contribution >= 0.6 is 11.3 Å². The van der Waals surface area contributed by atoms with E-state index in [1.54, 1.807) is 25.7 Å². The molecule has 1 aromatic heterocycles. The van der Waals surface area contributed by atoms with Crippen molar-refractivity contribution in [2.45, 2.75) is 6.54 Å². The summed E-state index contributed by atoms with van der Waals surface area (Å²) in [6.07, 6.45) is 0. The van der Waals surface area contributed by atoms with Crippen LogP contribution in [0.1, 0.15) is 16.1 Å². The second kappa shape index (κ2) is 6.25. The van der Waals surface area contributed by atoms with Crippen LogP contribution in [-0.2, 0) is 6.54 Å². The molecular weight excluding hydrogens is 278 g/mol. The van der Waals surface area contributed by atoms with Gasteiger partial charge < -0.3 is 20.5 Å². The molecule has 3 N–H and O–H groups in total. The molecule has 0 unspecified atom stereocenters. The number of hydrogen-bond donors (Lipinski definition) is 2. The summed E-state index contributed by atoms with van der Waals surface area (Å²) in [5, 5.41) is 4.76. The molecule has 2 aromatic rings. The number of rotatable bonds is 5. The number of methoxy groups -OCH3 is 2. The van der Waals surface area contributed by atoms with Crippen molar-refractivity contribution in [2.24, 2.45) is 0 Å². The molecule has 106 valence electrons. The zero-order valence-corrected chi connectivity index (χ0v) is 12.0. The molecule has 0 aliphatic heterocycles. The van der Waals surface area contributed by atoms with Crippen molar-refractivity contribution >= 4 is 22.4 Å². The van der Waals surface area contributed by atoms with Gasteiger partial charge in [0.05, 0.1) is 14.2 Å². The Morgan fingerprint density at radius 3 is 2.80 bits per heavy atom. The third-order valence-electron chi connectivity index (χ3n) is 2.69. The highest BCUT2D eigenvalue weighted by atomic mass is 32.1. The van der Waals surface area contributed by atoms with Crippen LogP contribution in [0, 0.1) is 0 Å². The van der Waals surface area contributed by atoms with Gasteiger partial charge in [-0.3, -0.25) is 4.79 Å². The lowest BCUT2D eigenvalue weighted by Gasteiger charge is -2.10. The van der Waals surface area contributed by atoms with Crippen LogP contribution in [-0.4, -0.2) is 25.1 Å². The first-order chi connectivity index (χ1) is 9.63. The summed E-state index contributed by atoms with van der Waals surface area (Å²) in [5.74, 6) is 1.09. The lowest BCUT2D eigenvalue weighted by atomic mass is 10.2. The molecule has 0 bridgehead atoms. The maximum Gasteiger partial charge on any atom is 0.271 e. The lowest BCUT2D eigenvalue weighted by molar-refractivity contribution is 0.0946. The van der Waals surface area contributed by atoms with Gasteiger partial charge >= 0.3 is 0 Å². The van der Waals surface area contributed by atoms with E-state index >= 15 is 0 Å². The number of nitrogens with two attached hydrogens (primary N) is 1. The Hall–Kier alpha value is -2.28. The Labute approximate surface area is 120 Å². The smallest absolute Gasteiger partial charge is 0.271 e. The van der Waals surface area contributed by atoms with Crippen LogP contribution in [0.3, 0.4) is 0 Å². The van der Waals surface area contributed by atoms with Gasteiger partial charge in [-0.05, 0) is 12.1 Å². The summed E-state index contributed by atoms with van der Waals surface area (Å²) in [7, 11) is 3.16. The van der Waals surface area contributed by atoms with Gasteiger partial charge in [-0.1, -0.05) is 0 Å². The molecule has 1 heterocycles. The van der Waals surface area contributed by atoms with E-state index in [4.69, 9.17) is 15.2 Å². The summed E-state index contributed by atoms with van der Waals surface area (Å²) < 4.78 is 10.4. The summed E-state index contributed by atoms with van der Waals surface area (Å²) >= 11 is 1.23. The third-order valence-corrected chi connectivity index (χ3v) is 3.36. The van der Waals surface area contributed by atoms with E-state index in [0.717, 1.165) is 5.56 Å². The topological polar surface area (TPSA) is 86.5 Å². The van der Waals surface area contributed by atoms with Gasteiger partial charge in [-0.25, -0.2) is 4.98 Å². The zero-order valence-electron chi connectivity index (χ0n) is 11.2. The SMILES string of the molecule is COc1ccc(CNC(=O)c2csc(N)n2)c(OC)c1. The number of carbonyl (C=O) groups excluding carboxylic acids is 1. The predicted octanol–water partition coefficient (Wildman–Crippen LogP) is 1.67. The zero-order chi connectivity index (χ0) is 14.5. The molecule has 0 aliphatic carbocycles. The number of carbonyl (C=O) groups is 1. The molecule has 7 heteroatoms. The first-order valence-corrected chi connectivity index (χ1v) is 6.72. The molecule has 0 saturated heterocycles. The van der Waals surface area contributed by atoms with Crippen LogP contribution in [0.25, 0.3) is 0 Å². The van der Waals surface area contributed by atoms with Crippen LogP contribution in [0.15, 0.2) is 23.6 Å². The maximum atomic E-state index is 11.9. The van der Waals surface area contributed by atoms with Gasteiger partial charge in [0.25, 0.3) is 5.91 Å². The van der Waals surface area contributed by atoms with Crippen molar-refractivity contribution in [1.29, 1.82) is 0 Å². The predicted molar refractivity (Wildman–Crippen MR) is 77.2 cm³/mol. The molecule has 6 nitrogen and oxygen atoms in total. The van der Waals surface area contributed by atoms with Crippen molar-refractivity contribution in [3.05, 3.63) is 34.8 Å². The summed E-state index contributed by atoms with van der Waals surface area (Å²) in [6.45, 7) is 0.337. The van der Waals surface area contributed by atoms with E-state index in [9.17, 15) is 4.79 Å². The molecule has 1 aromatic carbocycles. The number of thiazole rings is 1. The van der Waals surface area contributed by atoms with Crippen LogP contribution in [0.2, 0.25) is 0 Å². The Kier molecular flexibility index (Phi) is 4.41. The fraction of sp³-hybridized carbons (Fsp3) is 0.231. The third kappa shape index (κ3) is 3.18. The number of ether oxygens (including phenoxy) is 2. The Balaban J connectivity index is 2.05. The van der Waals surface area contributed by atoms with E-state index in [0.29, 0.717) is 28.9 Å². The second-order valence-electron chi connectivity index (χ2n) is 3.93. The number of amides is 1. The first kappa shape index (κ1) is 14.1. The van der Waals surface area contributed by atoms with Crippen molar-refractivity contribution in [1.82, 2.24) is 10.3 Å². The van der Waals surface area contributed by atoms with Crippen LogP contribution in [0.5, 0.6) is 11.5 Å². The Morgan fingerprint density at radius 1 is 1.40 bits per heavy atom. The minimum Gasteiger partial charge on any atom is -0.497 e. The molecule has 0 aliphatic rings. The van der Waals surface area contributed by atoms with Gasteiger partial charge in [0.2, 0.25) is 0 Å². The van der Waals surface area contributed by atoms with Crippen LogP contribution in [0.4, 0.5) is 5.13 Å². The number of benzene rings is 1. The monoisotopic (exact) mass is 293 g/mol. The first-order valence-electron chi connectivity index (χ1n) is 5.84. The lowest BCUT2D eigenvalue weighted by Crippen LogP contribution is -2.23. The normalized spacial score (nSPS) is 10.1. The fourth-order valence-corrected chi connectivity index (χ4v) is 2.20. The second-order valence-corrected chi connectivity index (χ2v) is 4.82. The van der Waals surface area contributed by atoms with E-state index in [1.165, 1.54) is 11.3 Å². The van der Waals surface area contributed by atoms with Gasteiger partial charge in [-0.15, -0.1) is 11.3 Å². The Bertz CT molecular complexity index is 613. The molecule has 1 amide bonds. The molecule has 0 saturated carbocycles. The highest BCUT2D eigenvalue weighted by Crippen LogP contribution is 2.24. The number of nitrogens with one attached hydrogen (secondary N) is 1. The summed E-state index contributed by atoms with van der Waals surface area (Å²) in [5.41, 5.74) is 6.67.